The quantitative estimate of drug-likeness (QED) is 0.940. The molecule has 2 amide bonds. The van der Waals surface area contributed by atoms with Crippen LogP contribution in [0.1, 0.15) is 23.2 Å². The van der Waals surface area contributed by atoms with Gasteiger partial charge in [-0.3, -0.25) is 4.98 Å². The Balaban J connectivity index is 1.57. The first-order chi connectivity index (χ1) is 11.8. The second kappa shape index (κ2) is 7.81. The van der Waals surface area contributed by atoms with Gasteiger partial charge in [-0.1, -0.05) is 12.1 Å². The molecule has 0 bridgehead atoms. The third-order valence-electron chi connectivity index (χ3n) is 4.32. The summed E-state index contributed by atoms with van der Waals surface area (Å²) in [7, 11) is 1.68. The van der Waals surface area contributed by atoms with Crippen molar-refractivity contribution in [1.82, 2.24) is 15.2 Å². The van der Waals surface area contributed by atoms with E-state index >= 15 is 0 Å². The van der Waals surface area contributed by atoms with Crippen molar-refractivity contribution >= 4 is 6.03 Å². The van der Waals surface area contributed by atoms with Crippen molar-refractivity contribution < 1.29 is 9.53 Å². The lowest BCUT2D eigenvalue weighted by atomic mass is 10.0. The maximum atomic E-state index is 12.4. The molecule has 0 saturated carbocycles. The maximum absolute atomic E-state index is 12.4. The molecule has 1 aliphatic heterocycles. The van der Waals surface area contributed by atoms with Crippen LogP contribution in [0.3, 0.4) is 0 Å². The van der Waals surface area contributed by atoms with Gasteiger partial charge in [-0.2, -0.15) is 0 Å². The lowest BCUT2D eigenvalue weighted by Gasteiger charge is -2.21. The lowest BCUT2D eigenvalue weighted by molar-refractivity contribution is 0.196. The molecular weight excluding hydrogens is 302 g/mol. The van der Waals surface area contributed by atoms with Gasteiger partial charge in [0.05, 0.1) is 7.11 Å². The molecule has 0 saturated heterocycles. The number of carbonyl (C=O) groups excluding carboxylic acids is 1. The molecule has 1 N–H and O–H groups in total. The molecule has 0 radical (unpaired) electrons. The van der Waals surface area contributed by atoms with E-state index < -0.39 is 0 Å². The number of hydrogen-bond donors (Lipinski definition) is 1. The summed E-state index contributed by atoms with van der Waals surface area (Å²) in [6.07, 6.45) is 4.46. The minimum absolute atomic E-state index is 0.00500. The third kappa shape index (κ3) is 4.04. The summed E-state index contributed by atoms with van der Waals surface area (Å²) < 4.78 is 5.29. The Labute approximate surface area is 142 Å². The molecule has 2 aromatic rings. The van der Waals surface area contributed by atoms with Crippen LogP contribution in [0, 0.1) is 0 Å². The lowest BCUT2D eigenvalue weighted by Crippen LogP contribution is -2.40. The topological polar surface area (TPSA) is 54.5 Å². The molecule has 5 heteroatoms. The van der Waals surface area contributed by atoms with Crippen molar-refractivity contribution in [1.29, 1.82) is 0 Å². The predicted octanol–water partition coefficient (Wildman–Crippen LogP) is 2.79. The maximum Gasteiger partial charge on any atom is 0.317 e. The molecule has 0 aliphatic carbocycles. The van der Waals surface area contributed by atoms with Gasteiger partial charge in [0, 0.05) is 37.9 Å². The molecule has 0 spiro atoms. The number of urea groups is 1. The van der Waals surface area contributed by atoms with Gasteiger partial charge in [-0.05, 0) is 48.2 Å². The highest BCUT2D eigenvalue weighted by molar-refractivity contribution is 5.74. The molecule has 0 unspecified atom stereocenters. The summed E-state index contributed by atoms with van der Waals surface area (Å²) in [6, 6.07) is 11.9. The largest absolute Gasteiger partial charge is 0.497 e. The third-order valence-corrected chi connectivity index (χ3v) is 4.32. The predicted molar refractivity (Wildman–Crippen MR) is 93.1 cm³/mol. The number of ether oxygens (including phenoxy) is 1. The van der Waals surface area contributed by atoms with E-state index in [-0.39, 0.29) is 6.03 Å². The van der Waals surface area contributed by atoms with Crippen LogP contribution in [0.5, 0.6) is 5.75 Å². The highest BCUT2D eigenvalue weighted by Crippen LogP contribution is 2.23. The van der Waals surface area contributed by atoms with Crippen LogP contribution in [-0.4, -0.2) is 36.1 Å². The van der Waals surface area contributed by atoms with Crippen molar-refractivity contribution in [3.63, 3.8) is 0 Å². The number of rotatable bonds is 4. The number of amides is 2. The molecule has 126 valence electrons. The van der Waals surface area contributed by atoms with Crippen LogP contribution in [0.15, 0.2) is 42.6 Å². The second-order valence-corrected chi connectivity index (χ2v) is 5.96. The Hall–Kier alpha value is -2.56. The minimum atomic E-state index is -0.00500. The fourth-order valence-electron chi connectivity index (χ4n) is 2.99. The number of pyridine rings is 1. The summed E-state index contributed by atoms with van der Waals surface area (Å²) in [4.78, 5) is 18.6. The van der Waals surface area contributed by atoms with Crippen molar-refractivity contribution in [3.8, 4) is 5.75 Å². The number of aryl methyl sites for hydroxylation is 1. The highest BCUT2D eigenvalue weighted by Gasteiger charge is 2.19. The van der Waals surface area contributed by atoms with Crippen LogP contribution >= 0.6 is 0 Å². The number of carbonyl (C=O) groups is 1. The number of aromatic nitrogens is 1. The Morgan fingerprint density at radius 3 is 3.00 bits per heavy atom. The van der Waals surface area contributed by atoms with Gasteiger partial charge in [-0.15, -0.1) is 0 Å². The van der Waals surface area contributed by atoms with E-state index in [1.807, 2.05) is 29.2 Å². The van der Waals surface area contributed by atoms with Crippen LogP contribution < -0.4 is 10.1 Å². The fourth-order valence-corrected chi connectivity index (χ4v) is 2.99. The molecule has 1 aromatic carbocycles. The molecule has 2 heterocycles. The van der Waals surface area contributed by atoms with Crippen molar-refractivity contribution in [3.05, 3.63) is 59.4 Å². The molecule has 0 fully saturated rings. The molecule has 3 rings (SSSR count). The van der Waals surface area contributed by atoms with E-state index in [4.69, 9.17) is 4.74 Å². The van der Waals surface area contributed by atoms with E-state index in [1.54, 1.807) is 13.3 Å². The minimum Gasteiger partial charge on any atom is -0.497 e. The molecule has 1 aliphatic rings. The van der Waals surface area contributed by atoms with Crippen LogP contribution in [0.4, 0.5) is 4.79 Å². The van der Waals surface area contributed by atoms with Crippen molar-refractivity contribution in [2.24, 2.45) is 0 Å². The van der Waals surface area contributed by atoms with Gasteiger partial charge < -0.3 is 15.0 Å². The molecule has 1 aromatic heterocycles. The number of hydrogen-bond acceptors (Lipinski definition) is 3. The van der Waals surface area contributed by atoms with E-state index in [1.165, 1.54) is 11.1 Å². The van der Waals surface area contributed by atoms with Gasteiger partial charge in [0.1, 0.15) is 5.75 Å². The smallest absolute Gasteiger partial charge is 0.317 e. The van der Waals surface area contributed by atoms with E-state index in [0.717, 1.165) is 37.3 Å². The van der Waals surface area contributed by atoms with Crippen molar-refractivity contribution in [2.75, 3.05) is 20.2 Å². The highest BCUT2D eigenvalue weighted by atomic mass is 16.5. The number of methoxy groups -OCH3 is 1. The second-order valence-electron chi connectivity index (χ2n) is 5.96. The first kappa shape index (κ1) is 16.3. The van der Waals surface area contributed by atoms with Gasteiger partial charge >= 0.3 is 6.03 Å². The SMILES string of the molecule is COc1ccc2c(c1)CCCN(C(=O)NCCc1ccccn1)C2. The average molecular weight is 325 g/mol. The van der Waals surface area contributed by atoms with Gasteiger partial charge in [0.2, 0.25) is 0 Å². The standard InChI is InChI=1S/C19H23N3O2/c1-24-18-8-7-16-14-22(12-4-5-15(16)13-18)19(23)21-11-9-17-6-2-3-10-20-17/h2-3,6-8,10,13H,4-5,9,11-12,14H2,1H3,(H,21,23). The van der Waals surface area contributed by atoms with E-state index in [0.29, 0.717) is 13.1 Å². The average Bonchev–Trinajstić information content (AvgIpc) is 2.84. The van der Waals surface area contributed by atoms with Gasteiger partial charge in [-0.25, -0.2) is 4.79 Å². The van der Waals surface area contributed by atoms with Gasteiger partial charge in [0.15, 0.2) is 0 Å². The van der Waals surface area contributed by atoms with Crippen LogP contribution in [-0.2, 0) is 19.4 Å². The Morgan fingerprint density at radius 2 is 2.21 bits per heavy atom. The Kier molecular flexibility index (Phi) is 5.31. The zero-order valence-corrected chi connectivity index (χ0v) is 14.0. The summed E-state index contributed by atoms with van der Waals surface area (Å²) in [6.45, 7) is 2.02. The summed E-state index contributed by atoms with van der Waals surface area (Å²) in [5.74, 6) is 0.877. The Bertz CT molecular complexity index is 688. The number of nitrogens with zero attached hydrogens (tertiary/aromatic N) is 2. The summed E-state index contributed by atoms with van der Waals surface area (Å²) >= 11 is 0. The van der Waals surface area contributed by atoms with Crippen LogP contribution in [0.2, 0.25) is 0 Å². The van der Waals surface area contributed by atoms with Crippen molar-refractivity contribution in [2.45, 2.75) is 25.8 Å². The number of nitrogens with one attached hydrogen (secondary N) is 1. The number of fused-ring (bicyclic) bond motifs is 1. The monoisotopic (exact) mass is 325 g/mol. The Morgan fingerprint density at radius 1 is 1.29 bits per heavy atom. The molecular formula is C19H23N3O2. The zero-order chi connectivity index (χ0) is 16.8. The first-order valence-corrected chi connectivity index (χ1v) is 8.35. The zero-order valence-electron chi connectivity index (χ0n) is 14.0. The normalized spacial score (nSPS) is 13.8. The first-order valence-electron chi connectivity index (χ1n) is 8.35. The number of benzene rings is 1. The molecule has 5 nitrogen and oxygen atoms in total. The molecule has 24 heavy (non-hydrogen) atoms. The van der Waals surface area contributed by atoms with Gasteiger partial charge in [0.25, 0.3) is 0 Å². The van der Waals surface area contributed by atoms with E-state index in [9.17, 15) is 4.79 Å². The van der Waals surface area contributed by atoms with Crippen LogP contribution in [0.25, 0.3) is 0 Å². The van der Waals surface area contributed by atoms with E-state index in [2.05, 4.69) is 22.4 Å². The fraction of sp³-hybridized carbons (Fsp3) is 0.368. The summed E-state index contributed by atoms with van der Waals surface area (Å²) in [5.41, 5.74) is 3.47. The summed E-state index contributed by atoms with van der Waals surface area (Å²) in [5, 5.41) is 3.00. The molecule has 0 atom stereocenters.